The number of rotatable bonds is 4. The Kier molecular flexibility index (Phi) is 3.17. The lowest BCUT2D eigenvalue weighted by Gasteiger charge is -2.40. The van der Waals surface area contributed by atoms with E-state index >= 15 is 0 Å². The van der Waals surface area contributed by atoms with Crippen LogP contribution in [0.1, 0.15) is 41.6 Å². The highest BCUT2D eigenvalue weighted by molar-refractivity contribution is 6.08. The number of hydrogen-bond donors (Lipinski definition) is 0. The highest BCUT2D eigenvalue weighted by atomic mass is 16.5. The zero-order valence-corrected chi connectivity index (χ0v) is 12.4. The van der Waals surface area contributed by atoms with Gasteiger partial charge in [0.1, 0.15) is 0 Å². The van der Waals surface area contributed by atoms with Crippen LogP contribution in [0.25, 0.3) is 10.9 Å². The van der Waals surface area contributed by atoms with E-state index < -0.39 is 0 Å². The third-order valence-electron chi connectivity index (χ3n) is 4.63. The number of ketones is 1. The lowest BCUT2D eigenvalue weighted by Crippen LogP contribution is -2.41. The number of carbonyl (C=O) groups is 1. The molecule has 3 heteroatoms. The molecule has 0 unspecified atom stereocenters. The summed E-state index contributed by atoms with van der Waals surface area (Å²) in [6.07, 6.45) is 5.61. The Morgan fingerprint density at radius 1 is 1.40 bits per heavy atom. The van der Waals surface area contributed by atoms with Crippen molar-refractivity contribution < 1.29 is 9.53 Å². The lowest BCUT2D eigenvalue weighted by atomic mass is 9.76. The number of fused-ring (bicyclic) bond motifs is 1. The van der Waals surface area contributed by atoms with Crippen molar-refractivity contribution >= 4 is 16.7 Å². The smallest absolute Gasteiger partial charge is 0.167 e. The molecule has 3 nitrogen and oxygen atoms in total. The lowest BCUT2D eigenvalue weighted by molar-refractivity contribution is -0.0704. The number of benzene rings is 1. The number of hydrogen-bond acceptors (Lipinski definition) is 2. The van der Waals surface area contributed by atoms with E-state index in [0.29, 0.717) is 6.42 Å². The van der Waals surface area contributed by atoms with E-state index in [9.17, 15) is 4.79 Å². The molecule has 0 saturated heterocycles. The molecule has 3 rings (SSSR count). The van der Waals surface area contributed by atoms with Gasteiger partial charge in [-0.1, -0.05) is 12.1 Å². The Balaban J connectivity index is 1.96. The van der Waals surface area contributed by atoms with Crippen molar-refractivity contribution in [3.05, 3.63) is 35.5 Å². The van der Waals surface area contributed by atoms with Gasteiger partial charge in [0.2, 0.25) is 0 Å². The van der Waals surface area contributed by atoms with Crippen LogP contribution in [0.5, 0.6) is 0 Å². The second-order valence-corrected chi connectivity index (χ2v) is 6.01. The summed E-state index contributed by atoms with van der Waals surface area (Å²) < 4.78 is 7.61. The van der Waals surface area contributed by atoms with Crippen molar-refractivity contribution in [3.63, 3.8) is 0 Å². The van der Waals surface area contributed by atoms with Gasteiger partial charge in [-0.25, -0.2) is 0 Å². The Morgan fingerprint density at radius 2 is 2.15 bits per heavy atom. The minimum atomic E-state index is -0.204. The fourth-order valence-corrected chi connectivity index (χ4v) is 3.13. The first-order chi connectivity index (χ1) is 9.54. The fraction of sp³-hybridized carbons (Fsp3) is 0.471. The third kappa shape index (κ3) is 2.06. The molecule has 0 spiro atoms. The molecular weight excluding hydrogens is 250 g/mol. The maximum absolute atomic E-state index is 12.6. The molecule has 106 valence electrons. The van der Waals surface area contributed by atoms with Crippen molar-refractivity contribution in [3.8, 4) is 0 Å². The van der Waals surface area contributed by atoms with Gasteiger partial charge < -0.3 is 9.30 Å². The maximum Gasteiger partial charge on any atom is 0.167 e. The van der Waals surface area contributed by atoms with Crippen LogP contribution >= 0.6 is 0 Å². The van der Waals surface area contributed by atoms with Crippen molar-refractivity contribution in [2.45, 2.75) is 38.2 Å². The molecule has 1 heterocycles. The standard InChI is InChI=1S/C17H21NO2/c1-12-5-6-13-14(11-18(2)15(13)9-12)16(19)10-17(20-3)7-4-8-17/h5-6,9,11H,4,7-8,10H2,1-3H3. The molecule has 2 aromatic rings. The topological polar surface area (TPSA) is 31.2 Å². The van der Waals surface area contributed by atoms with E-state index in [1.165, 1.54) is 5.56 Å². The Bertz CT molecular complexity index is 659. The van der Waals surface area contributed by atoms with Gasteiger partial charge in [-0.2, -0.15) is 0 Å². The number of Topliss-reactive ketones (excluding diaryl/α,β-unsaturated/α-hetero) is 1. The molecule has 0 aliphatic heterocycles. The van der Waals surface area contributed by atoms with Crippen LogP contribution in [0, 0.1) is 6.92 Å². The molecule has 0 radical (unpaired) electrons. The number of methoxy groups -OCH3 is 1. The zero-order chi connectivity index (χ0) is 14.3. The van der Waals surface area contributed by atoms with E-state index in [4.69, 9.17) is 4.74 Å². The monoisotopic (exact) mass is 271 g/mol. The Labute approximate surface area is 119 Å². The second-order valence-electron chi connectivity index (χ2n) is 6.01. The summed E-state index contributed by atoms with van der Waals surface area (Å²) in [6, 6.07) is 6.24. The number of carbonyl (C=O) groups excluding carboxylic acids is 1. The summed E-state index contributed by atoms with van der Waals surface area (Å²) in [4.78, 5) is 12.6. The highest BCUT2D eigenvalue weighted by Crippen LogP contribution is 2.39. The van der Waals surface area contributed by atoms with Crippen molar-refractivity contribution in [2.75, 3.05) is 7.11 Å². The van der Waals surface area contributed by atoms with Gasteiger partial charge in [-0.05, 0) is 37.8 Å². The minimum Gasteiger partial charge on any atom is -0.378 e. The predicted octanol–water partition coefficient (Wildman–Crippen LogP) is 3.63. The molecule has 1 aliphatic rings. The minimum absolute atomic E-state index is 0.195. The number of nitrogens with zero attached hydrogens (tertiary/aromatic N) is 1. The molecule has 0 N–H and O–H groups in total. The van der Waals surface area contributed by atoms with Crippen LogP contribution < -0.4 is 0 Å². The van der Waals surface area contributed by atoms with Gasteiger partial charge in [0.05, 0.1) is 5.60 Å². The number of aromatic nitrogens is 1. The van der Waals surface area contributed by atoms with Crippen LogP contribution in [0.3, 0.4) is 0 Å². The van der Waals surface area contributed by atoms with Crippen LogP contribution in [0.4, 0.5) is 0 Å². The molecule has 1 aromatic heterocycles. The summed E-state index contributed by atoms with van der Waals surface area (Å²) >= 11 is 0. The largest absolute Gasteiger partial charge is 0.378 e. The van der Waals surface area contributed by atoms with E-state index in [1.807, 2.05) is 17.8 Å². The van der Waals surface area contributed by atoms with Crippen LogP contribution in [-0.4, -0.2) is 23.1 Å². The van der Waals surface area contributed by atoms with Gasteiger partial charge in [-0.15, -0.1) is 0 Å². The van der Waals surface area contributed by atoms with Gasteiger partial charge in [0.25, 0.3) is 0 Å². The Hall–Kier alpha value is -1.61. The molecule has 20 heavy (non-hydrogen) atoms. The highest BCUT2D eigenvalue weighted by Gasteiger charge is 2.39. The fourth-order valence-electron chi connectivity index (χ4n) is 3.13. The summed E-state index contributed by atoms with van der Waals surface area (Å²) in [5, 5.41) is 1.05. The van der Waals surface area contributed by atoms with E-state index in [1.54, 1.807) is 7.11 Å². The summed E-state index contributed by atoms with van der Waals surface area (Å²) in [6.45, 7) is 2.07. The molecule has 1 saturated carbocycles. The van der Waals surface area contributed by atoms with Crippen molar-refractivity contribution in [2.24, 2.45) is 7.05 Å². The first kappa shape index (κ1) is 13.4. The average Bonchev–Trinajstić information content (AvgIpc) is 2.71. The van der Waals surface area contributed by atoms with E-state index in [-0.39, 0.29) is 11.4 Å². The zero-order valence-electron chi connectivity index (χ0n) is 12.4. The SMILES string of the molecule is COC1(CC(=O)c2cn(C)c3cc(C)ccc23)CCC1. The predicted molar refractivity (Wildman–Crippen MR) is 80.2 cm³/mol. The molecule has 0 atom stereocenters. The van der Waals surface area contributed by atoms with Gasteiger partial charge in [-0.3, -0.25) is 4.79 Å². The number of aryl methyl sites for hydroxylation is 2. The maximum atomic E-state index is 12.6. The molecule has 1 fully saturated rings. The van der Waals surface area contributed by atoms with E-state index in [2.05, 4.69) is 25.1 Å². The summed E-state index contributed by atoms with van der Waals surface area (Å²) in [5.41, 5.74) is 2.95. The van der Waals surface area contributed by atoms with E-state index in [0.717, 1.165) is 35.7 Å². The normalized spacial score (nSPS) is 17.1. The summed E-state index contributed by atoms with van der Waals surface area (Å²) in [5.74, 6) is 0.195. The molecule has 1 aliphatic carbocycles. The Morgan fingerprint density at radius 3 is 2.75 bits per heavy atom. The molecular formula is C17H21NO2. The molecule has 0 bridgehead atoms. The van der Waals surface area contributed by atoms with Crippen molar-refractivity contribution in [1.82, 2.24) is 4.57 Å². The second kappa shape index (κ2) is 4.74. The molecule has 1 aromatic carbocycles. The quantitative estimate of drug-likeness (QED) is 0.795. The van der Waals surface area contributed by atoms with Gasteiger partial charge >= 0.3 is 0 Å². The first-order valence-corrected chi connectivity index (χ1v) is 7.19. The average molecular weight is 271 g/mol. The van der Waals surface area contributed by atoms with Crippen LogP contribution in [-0.2, 0) is 11.8 Å². The summed E-state index contributed by atoms with van der Waals surface area (Å²) in [7, 11) is 3.72. The molecule has 0 amide bonds. The van der Waals surface area contributed by atoms with Gasteiger partial charge in [0, 0.05) is 43.2 Å². The van der Waals surface area contributed by atoms with Crippen molar-refractivity contribution in [1.29, 1.82) is 0 Å². The van der Waals surface area contributed by atoms with Crippen LogP contribution in [0.2, 0.25) is 0 Å². The first-order valence-electron chi connectivity index (χ1n) is 7.19. The third-order valence-corrected chi connectivity index (χ3v) is 4.63. The van der Waals surface area contributed by atoms with Crippen LogP contribution in [0.15, 0.2) is 24.4 Å². The van der Waals surface area contributed by atoms with Gasteiger partial charge in [0.15, 0.2) is 5.78 Å². The number of ether oxygens (including phenoxy) is 1.